The van der Waals surface area contributed by atoms with Crippen molar-refractivity contribution in [3.05, 3.63) is 47.9 Å². The molecule has 0 unspecified atom stereocenters. The molecule has 1 aromatic carbocycles. The predicted molar refractivity (Wildman–Crippen MR) is 78.5 cm³/mol. The minimum absolute atomic E-state index is 0.149. The number of nitrogens with one attached hydrogen (secondary N) is 1. The Kier molecular flexibility index (Phi) is 3.43. The molecule has 1 aromatic heterocycles. The highest BCUT2D eigenvalue weighted by atomic mass is 16.5. The zero-order valence-corrected chi connectivity index (χ0v) is 11.9. The summed E-state index contributed by atoms with van der Waals surface area (Å²) in [5.74, 6) is 1.27. The van der Waals surface area contributed by atoms with E-state index in [9.17, 15) is 4.79 Å². The van der Waals surface area contributed by atoms with E-state index >= 15 is 0 Å². The van der Waals surface area contributed by atoms with Gasteiger partial charge in [0.1, 0.15) is 23.9 Å². The maximum Gasteiger partial charge on any atom is 0.272 e. The molecule has 1 aliphatic heterocycles. The van der Waals surface area contributed by atoms with E-state index in [-0.39, 0.29) is 11.9 Å². The van der Waals surface area contributed by atoms with E-state index in [1.54, 1.807) is 6.20 Å². The van der Waals surface area contributed by atoms with Crippen molar-refractivity contribution in [3.8, 4) is 5.75 Å². The second-order valence-corrected chi connectivity index (χ2v) is 5.03. The molecule has 0 spiro atoms. The molecular formula is C15H16N4O2. The molecule has 0 aliphatic carbocycles. The summed E-state index contributed by atoms with van der Waals surface area (Å²) in [5, 5.41) is 2.92. The Morgan fingerprint density at radius 3 is 2.81 bits per heavy atom. The molecule has 6 heteroatoms. The van der Waals surface area contributed by atoms with Gasteiger partial charge >= 0.3 is 0 Å². The number of carbonyl (C=O) groups is 1. The molecule has 0 saturated heterocycles. The van der Waals surface area contributed by atoms with Gasteiger partial charge in [-0.2, -0.15) is 0 Å². The van der Waals surface area contributed by atoms with E-state index in [1.807, 2.05) is 43.3 Å². The van der Waals surface area contributed by atoms with Gasteiger partial charge in [0.15, 0.2) is 0 Å². The molecule has 2 aromatic rings. The average Bonchev–Trinajstić information content (AvgIpc) is 2.91. The Morgan fingerprint density at radius 2 is 2.10 bits per heavy atom. The van der Waals surface area contributed by atoms with Gasteiger partial charge in [0.25, 0.3) is 5.91 Å². The largest absolute Gasteiger partial charge is 0.491 e. The lowest BCUT2D eigenvalue weighted by molar-refractivity contribution is 0.0925. The number of carbonyl (C=O) groups excluding carboxylic acids is 1. The highest BCUT2D eigenvalue weighted by Crippen LogP contribution is 2.31. The van der Waals surface area contributed by atoms with Crippen LogP contribution in [0.4, 0.5) is 5.82 Å². The van der Waals surface area contributed by atoms with Crippen molar-refractivity contribution in [2.24, 2.45) is 0 Å². The number of rotatable bonds is 3. The van der Waals surface area contributed by atoms with Crippen LogP contribution in [0.25, 0.3) is 0 Å². The Balaban J connectivity index is 1.72. The molecule has 108 valence electrons. The number of anilines is 1. The minimum Gasteiger partial charge on any atom is -0.491 e. The first-order chi connectivity index (χ1) is 10.1. The third-order valence-corrected chi connectivity index (χ3v) is 3.33. The quantitative estimate of drug-likeness (QED) is 0.923. The number of nitrogens with zero attached hydrogens (tertiary/aromatic N) is 3. The summed E-state index contributed by atoms with van der Waals surface area (Å²) in [6, 6.07) is 7.54. The third kappa shape index (κ3) is 2.65. The highest BCUT2D eigenvalue weighted by molar-refractivity contribution is 5.92. The van der Waals surface area contributed by atoms with Crippen LogP contribution in [0.2, 0.25) is 0 Å². The van der Waals surface area contributed by atoms with Crippen LogP contribution in [0.5, 0.6) is 5.75 Å². The summed E-state index contributed by atoms with van der Waals surface area (Å²) in [7, 11) is 3.74. The van der Waals surface area contributed by atoms with Crippen LogP contribution in [-0.2, 0) is 0 Å². The fourth-order valence-electron chi connectivity index (χ4n) is 2.18. The zero-order valence-electron chi connectivity index (χ0n) is 11.9. The lowest BCUT2D eigenvalue weighted by Crippen LogP contribution is -2.30. The van der Waals surface area contributed by atoms with Crippen LogP contribution >= 0.6 is 0 Å². The van der Waals surface area contributed by atoms with Gasteiger partial charge in [0.2, 0.25) is 0 Å². The SMILES string of the molecule is CN(C)c1cnc(C(=O)N[C@H]2COc3ccccc32)cn1. The number of aromatic nitrogens is 2. The highest BCUT2D eigenvalue weighted by Gasteiger charge is 2.25. The molecule has 0 fully saturated rings. The number of ether oxygens (including phenoxy) is 1. The van der Waals surface area contributed by atoms with E-state index in [0.29, 0.717) is 18.1 Å². The van der Waals surface area contributed by atoms with Gasteiger partial charge in [-0.05, 0) is 6.07 Å². The summed E-state index contributed by atoms with van der Waals surface area (Å²) < 4.78 is 5.54. The standard InChI is InChI=1S/C15H16N4O2/c1-19(2)14-8-16-11(7-17-14)15(20)18-12-9-21-13-6-4-3-5-10(12)13/h3-8,12H,9H2,1-2H3,(H,18,20)/t12-/m0/s1. The van der Waals surface area contributed by atoms with Crippen molar-refractivity contribution in [1.82, 2.24) is 15.3 Å². The summed E-state index contributed by atoms with van der Waals surface area (Å²) >= 11 is 0. The average molecular weight is 284 g/mol. The number of amides is 1. The van der Waals surface area contributed by atoms with Gasteiger partial charge in [0, 0.05) is 19.7 Å². The van der Waals surface area contributed by atoms with E-state index < -0.39 is 0 Å². The van der Waals surface area contributed by atoms with Gasteiger partial charge in [-0.3, -0.25) is 4.79 Å². The lowest BCUT2D eigenvalue weighted by Gasteiger charge is -2.13. The number of benzene rings is 1. The van der Waals surface area contributed by atoms with E-state index in [1.165, 1.54) is 6.20 Å². The van der Waals surface area contributed by atoms with E-state index in [4.69, 9.17) is 4.74 Å². The van der Waals surface area contributed by atoms with Crippen LogP contribution in [0.3, 0.4) is 0 Å². The lowest BCUT2D eigenvalue weighted by atomic mass is 10.1. The maximum absolute atomic E-state index is 12.2. The molecule has 1 N–H and O–H groups in total. The molecule has 3 rings (SSSR count). The van der Waals surface area contributed by atoms with Crippen molar-refractivity contribution in [2.45, 2.75) is 6.04 Å². The Morgan fingerprint density at radius 1 is 1.29 bits per heavy atom. The molecule has 21 heavy (non-hydrogen) atoms. The fourth-order valence-corrected chi connectivity index (χ4v) is 2.18. The first-order valence-corrected chi connectivity index (χ1v) is 6.67. The van der Waals surface area contributed by atoms with Crippen molar-refractivity contribution in [1.29, 1.82) is 0 Å². The second kappa shape index (κ2) is 5.40. The predicted octanol–water partition coefficient (Wildman–Crippen LogP) is 1.41. The Labute approximate surface area is 122 Å². The first-order valence-electron chi connectivity index (χ1n) is 6.67. The van der Waals surface area contributed by atoms with E-state index in [2.05, 4.69) is 15.3 Å². The molecule has 1 aliphatic rings. The monoisotopic (exact) mass is 284 g/mol. The first kappa shape index (κ1) is 13.4. The van der Waals surface area contributed by atoms with Crippen LogP contribution in [-0.4, -0.2) is 36.6 Å². The van der Waals surface area contributed by atoms with Crippen molar-refractivity contribution in [2.75, 3.05) is 25.6 Å². The maximum atomic E-state index is 12.2. The van der Waals surface area contributed by atoms with Gasteiger partial charge in [-0.1, -0.05) is 18.2 Å². The fraction of sp³-hybridized carbons (Fsp3) is 0.267. The van der Waals surface area contributed by atoms with Crippen molar-refractivity contribution < 1.29 is 9.53 Å². The normalized spacial score (nSPS) is 16.0. The molecular weight excluding hydrogens is 268 g/mol. The van der Waals surface area contributed by atoms with Gasteiger partial charge in [-0.25, -0.2) is 9.97 Å². The third-order valence-electron chi connectivity index (χ3n) is 3.33. The summed E-state index contributed by atoms with van der Waals surface area (Å²) in [4.78, 5) is 22.4. The topological polar surface area (TPSA) is 67.4 Å². The van der Waals surface area contributed by atoms with Crippen LogP contribution in [0.1, 0.15) is 22.1 Å². The molecule has 0 radical (unpaired) electrons. The smallest absolute Gasteiger partial charge is 0.272 e. The van der Waals surface area contributed by atoms with E-state index in [0.717, 1.165) is 11.3 Å². The molecule has 2 heterocycles. The molecule has 1 atom stereocenters. The molecule has 6 nitrogen and oxygen atoms in total. The molecule has 0 bridgehead atoms. The number of para-hydroxylation sites is 1. The number of hydrogen-bond acceptors (Lipinski definition) is 5. The zero-order chi connectivity index (χ0) is 14.8. The van der Waals surface area contributed by atoms with Gasteiger partial charge in [-0.15, -0.1) is 0 Å². The summed E-state index contributed by atoms with van der Waals surface area (Å²) in [6.45, 7) is 0.439. The van der Waals surface area contributed by atoms with Crippen molar-refractivity contribution in [3.63, 3.8) is 0 Å². The van der Waals surface area contributed by atoms with Crippen LogP contribution < -0.4 is 15.0 Å². The van der Waals surface area contributed by atoms with Crippen molar-refractivity contribution >= 4 is 11.7 Å². The molecule has 0 saturated carbocycles. The van der Waals surface area contributed by atoms with Gasteiger partial charge < -0.3 is 15.0 Å². The van der Waals surface area contributed by atoms with Crippen LogP contribution in [0.15, 0.2) is 36.7 Å². The number of fused-ring (bicyclic) bond motifs is 1. The Bertz CT molecular complexity index is 655. The minimum atomic E-state index is -0.252. The molecule has 1 amide bonds. The summed E-state index contributed by atoms with van der Waals surface area (Å²) in [5.41, 5.74) is 1.29. The van der Waals surface area contributed by atoms with Crippen LogP contribution in [0, 0.1) is 0 Å². The van der Waals surface area contributed by atoms with Gasteiger partial charge in [0.05, 0.1) is 18.4 Å². The number of hydrogen-bond donors (Lipinski definition) is 1. The Hall–Kier alpha value is -2.63. The summed E-state index contributed by atoms with van der Waals surface area (Å²) in [6.07, 6.45) is 3.06. The second-order valence-electron chi connectivity index (χ2n) is 5.03.